The molecule has 0 aliphatic heterocycles. The van der Waals surface area contributed by atoms with Gasteiger partial charge in [-0.25, -0.2) is 13.6 Å². The molecule has 23 heavy (non-hydrogen) atoms. The maximum Gasteiger partial charge on any atom is 0.412 e. The Balaban J connectivity index is 2.40. The van der Waals surface area contributed by atoms with Gasteiger partial charge in [0.05, 0.1) is 0 Å². The summed E-state index contributed by atoms with van der Waals surface area (Å²) in [6, 6.07) is 5.56. The van der Waals surface area contributed by atoms with Crippen molar-refractivity contribution in [3.05, 3.63) is 65.2 Å². The predicted molar refractivity (Wildman–Crippen MR) is 72.2 cm³/mol. The monoisotopic (exact) mass is 331 g/mol. The van der Waals surface area contributed by atoms with Gasteiger partial charge in [-0.05, 0) is 17.7 Å². The predicted octanol–water partition coefficient (Wildman–Crippen LogP) is 4.38. The molecule has 0 aromatic heterocycles. The van der Waals surface area contributed by atoms with Crippen LogP contribution >= 0.6 is 0 Å². The quantitative estimate of drug-likeness (QED) is 0.818. The number of carboxylic acids is 1. The molecule has 0 aliphatic carbocycles. The number of aromatic carboxylic acids is 1. The minimum atomic E-state index is -4.72. The van der Waals surface area contributed by atoms with Gasteiger partial charge < -0.3 is 10.4 Å². The summed E-state index contributed by atoms with van der Waals surface area (Å²) < 4.78 is 66.6. The van der Waals surface area contributed by atoms with E-state index in [0.29, 0.717) is 12.1 Å². The first-order valence-corrected chi connectivity index (χ1v) is 6.30. The molecule has 0 spiro atoms. The molecule has 8 heteroatoms. The van der Waals surface area contributed by atoms with E-state index in [1.165, 1.54) is 30.3 Å². The summed E-state index contributed by atoms with van der Waals surface area (Å²) in [5.74, 6) is -4.77. The van der Waals surface area contributed by atoms with Crippen molar-refractivity contribution in [2.75, 3.05) is 5.32 Å². The van der Waals surface area contributed by atoms with Crippen LogP contribution in [0.25, 0.3) is 0 Å². The Morgan fingerprint density at radius 3 is 2.00 bits per heavy atom. The number of carbonyl (C=O) groups is 1. The lowest BCUT2D eigenvalue weighted by molar-refractivity contribution is -0.144. The number of hydrogen-bond donors (Lipinski definition) is 2. The van der Waals surface area contributed by atoms with E-state index in [0.717, 1.165) is 0 Å². The Labute approximate surface area is 127 Å². The molecule has 2 N–H and O–H groups in total. The Morgan fingerprint density at radius 2 is 1.57 bits per heavy atom. The van der Waals surface area contributed by atoms with Crippen molar-refractivity contribution >= 4 is 11.7 Å². The van der Waals surface area contributed by atoms with Crippen molar-refractivity contribution in [3.8, 4) is 0 Å². The molecule has 0 bridgehead atoms. The average molecular weight is 331 g/mol. The van der Waals surface area contributed by atoms with Crippen LogP contribution in [-0.4, -0.2) is 17.3 Å². The molecule has 0 amide bonds. The second-order valence-corrected chi connectivity index (χ2v) is 4.65. The van der Waals surface area contributed by atoms with Gasteiger partial charge in [0.25, 0.3) is 0 Å². The van der Waals surface area contributed by atoms with Crippen LogP contribution in [0.2, 0.25) is 0 Å². The van der Waals surface area contributed by atoms with E-state index in [9.17, 15) is 26.7 Å². The maximum absolute atomic E-state index is 13.6. The van der Waals surface area contributed by atoms with Crippen molar-refractivity contribution in [3.63, 3.8) is 0 Å². The lowest BCUT2D eigenvalue weighted by Gasteiger charge is -2.23. The lowest BCUT2D eigenvalue weighted by Crippen LogP contribution is -2.28. The Morgan fingerprint density at radius 1 is 1.04 bits per heavy atom. The fraction of sp³-hybridized carbons (Fsp3) is 0.133. The number of rotatable bonds is 4. The third-order valence-electron chi connectivity index (χ3n) is 3.03. The number of anilines is 1. The summed E-state index contributed by atoms with van der Waals surface area (Å²) in [5.41, 5.74) is -1.89. The summed E-state index contributed by atoms with van der Waals surface area (Å²) in [5, 5.41) is 10.6. The van der Waals surface area contributed by atoms with Gasteiger partial charge in [0, 0.05) is 5.69 Å². The molecule has 0 aliphatic rings. The number of hydrogen-bond acceptors (Lipinski definition) is 2. The van der Waals surface area contributed by atoms with Crippen LogP contribution in [-0.2, 0) is 0 Å². The zero-order chi connectivity index (χ0) is 17.2. The van der Waals surface area contributed by atoms with Gasteiger partial charge in [0.1, 0.15) is 23.2 Å². The molecular formula is C15H10F5NO2. The number of alkyl halides is 3. The fourth-order valence-corrected chi connectivity index (χ4v) is 2.03. The highest BCUT2D eigenvalue weighted by Crippen LogP contribution is 2.36. The van der Waals surface area contributed by atoms with Crippen LogP contribution in [0.3, 0.4) is 0 Å². The van der Waals surface area contributed by atoms with E-state index in [1.54, 1.807) is 0 Å². The lowest BCUT2D eigenvalue weighted by atomic mass is 10.1. The zero-order valence-corrected chi connectivity index (χ0v) is 11.4. The normalized spacial score (nSPS) is 12.7. The summed E-state index contributed by atoms with van der Waals surface area (Å²) >= 11 is 0. The molecule has 2 aromatic rings. The highest BCUT2D eigenvalue weighted by Gasteiger charge is 2.41. The van der Waals surface area contributed by atoms with E-state index < -0.39 is 41.1 Å². The van der Waals surface area contributed by atoms with Crippen molar-refractivity contribution in [2.24, 2.45) is 0 Å². The van der Waals surface area contributed by atoms with E-state index >= 15 is 0 Å². The molecule has 3 nitrogen and oxygen atoms in total. The SMILES string of the molecule is O=C(O)c1c(F)cc(N[C@H](c2ccccc2)C(F)(F)F)cc1F. The van der Waals surface area contributed by atoms with Crippen molar-refractivity contribution in [1.82, 2.24) is 0 Å². The van der Waals surface area contributed by atoms with Crippen LogP contribution < -0.4 is 5.32 Å². The minimum Gasteiger partial charge on any atom is -0.477 e. The van der Waals surface area contributed by atoms with Crippen molar-refractivity contribution in [2.45, 2.75) is 12.2 Å². The number of halogens is 5. The van der Waals surface area contributed by atoms with E-state index in [-0.39, 0.29) is 5.56 Å². The van der Waals surface area contributed by atoms with E-state index in [4.69, 9.17) is 5.11 Å². The molecule has 0 fully saturated rings. The number of benzene rings is 2. The molecule has 0 saturated carbocycles. The zero-order valence-electron chi connectivity index (χ0n) is 11.4. The van der Waals surface area contributed by atoms with Gasteiger partial charge in [0.2, 0.25) is 0 Å². The minimum absolute atomic E-state index is 0.150. The molecule has 0 unspecified atom stereocenters. The van der Waals surface area contributed by atoms with Gasteiger partial charge >= 0.3 is 12.1 Å². The topological polar surface area (TPSA) is 49.3 Å². The van der Waals surface area contributed by atoms with Crippen molar-refractivity contribution < 1.29 is 31.9 Å². The van der Waals surface area contributed by atoms with Gasteiger partial charge in [0.15, 0.2) is 0 Å². The molecule has 122 valence electrons. The van der Waals surface area contributed by atoms with Crippen LogP contribution in [0, 0.1) is 11.6 Å². The Hall–Kier alpha value is -2.64. The molecular weight excluding hydrogens is 321 g/mol. The van der Waals surface area contributed by atoms with E-state index in [2.05, 4.69) is 0 Å². The number of nitrogens with one attached hydrogen (secondary N) is 1. The molecule has 0 radical (unpaired) electrons. The molecule has 2 rings (SSSR count). The van der Waals surface area contributed by atoms with Crippen LogP contribution in [0.5, 0.6) is 0 Å². The summed E-state index contributed by atoms with van der Waals surface area (Å²) in [6.45, 7) is 0. The van der Waals surface area contributed by atoms with Crippen LogP contribution in [0.15, 0.2) is 42.5 Å². The fourth-order valence-electron chi connectivity index (χ4n) is 2.03. The molecule has 0 heterocycles. The third kappa shape index (κ3) is 3.77. The second kappa shape index (κ2) is 6.23. The Bertz CT molecular complexity index is 693. The second-order valence-electron chi connectivity index (χ2n) is 4.65. The van der Waals surface area contributed by atoms with Gasteiger partial charge in [-0.3, -0.25) is 0 Å². The average Bonchev–Trinajstić information content (AvgIpc) is 2.43. The first kappa shape index (κ1) is 16.7. The van der Waals surface area contributed by atoms with E-state index in [1.807, 2.05) is 5.32 Å². The smallest absolute Gasteiger partial charge is 0.412 e. The first-order valence-electron chi connectivity index (χ1n) is 6.30. The third-order valence-corrected chi connectivity index (χ3v) is 3.03. The summed E-state index contributed by atoms with van der Waals surface area (Å²) in [4.78, 5) is 10.7. The molecule has 2 aromatic carbocycles. The highest BCUT2D eigenvalue weighted by molar-refractivity contribution is 5.88. The van der Waals surface area contributed by atoms with Gasteiger partial charge in [-0.2, -0.15) is 13.2 Å². The molecule has 1 atom stereocenters. The van der Waals surface area contributed by atoms with Crippen LogP contribution in [0.4, 0.5) is 27.6 Å². The maximum atomic E-state index is 13.6. The number of carboxylic acid groups (broad SMARTS) is 1. The van der Waals surface area contributed by atoms with Gasteiger partial charge in [-0.15, -0.1) is 0 Å². The summed E-state index contributed by atoms with van der Waals surface area (Å²) in [7, 11) is 0. The largest absolute Gasteiger partial charge is 0.477 e. The van der Waals surface area contributed by atoms with Gasteiger partial charge in [-0.1, -0.05) is 30.3 Å². The summed E-state index contributed by atoms with van der Waals surface area (Å²) in [6.07, 6.45) is -4.72. The highest BCUT2D eigenvalue weighted by atomic mass is 19.4. The Kier molecular flexibility index (Phi) is 4.53. The van der Waals surface area contributed by atoms with Crippen LogP contribution in [0.1, 0.15) is 22.0 Å². The van der Waals surface area contributed by atoms with Crippen molar-refractivity contribution in [1.29, 1.82) is 0 Å². The first-order chi connectivity index (χ1) is 10.7. The standard InChI is InChI=1S/C15H10F5NO2/c16-10-6-9(7-11(17)12(10)14(22)23)21-13(15(18,19)20)8-4-2-1-3-5-8/h1-7,13,21H,(H,22,23)/t13-/m1/s1. The molecule has 0 saturated heterocycles.